The molecule has 0 unspecified atom stereocenters. The molecule has 2 rings (SSSR count). The number of hydrogen-bond donors (Lipinski definition) is 1. The van der Waals surface area contributed by atoms with Crippen LogP contribution < -0.4 is 15.4 Å². The van der Waals surface area contributed by atoms with Gasteiger partial charge in [-0.2, -0.15) is 0 Å². The second-order valence-corrected chi connectivity index (χ2v) is 5.88. The van der Waals surface area contributed by atoms with Gasteiger partial charge in [-0.15, -0.1) is 0 Å². The molecular formula is C16H24N2O3. The van der Waals surface area contributed by atoms with Crippen molar-refractivity contribution in [1.82, 2.24) is 0 Å². The van der Waals surface area contributed by atoms with E-state index in [1.165, 1.54) is 0 Å². The molecule has 1 aromatic rings. The first kappa shape index (κ1) is 15.5. The normalized spacial score (nSPS) is 18.1. The summed E-state index contributed by atoms with van der Waals surface area (Å²) in [4.78, 5) is 13.9. The van der Waals surface area contributed by atoms with Crippen molar-refractivity contribution in [3.8, 4) is 5.75 Å². The zero-order valence-corrected chi connectivity index (χ0v) is 13.0. The third kappa shape index (κ3) is 4.03. The Bertz CT molecular complexity index is 502. The van der Waals surface area contributed by atoms with Crippen LogP contribution in [0.3, 0.4) is 0 Å². The largest absolute Gasteiger partial charge is 0.495 e. The summed E-state index contributed by atoms with van der Waals surface area (Å²) in [6, 6.07) is 5.62. The lowest BCUT2D eigenvalue weighted by Crippen LogP contribution is -2.25. The zero-order valence-electron chi connectivity index (χ0n) is 13.0. The van der Waals surface area contributed by atoms with Crippen LogP contribution in [-0.4, -0.2) is 32.3 Å². The van der Waals surface area contributed by atoms with Gasteiger partial charge in [0.2, 0.25) is 0 Å². The van der Waals surface area contributed by atoms with Crippen molar-refractivity contribution in [3.63, 3.8) is 0 Å². The molecule has 1 aliphatic rings. The van der Waals surface area contributed by atoms with Crippen LogP contribution >= 0.6 is 0 Å². The van der Waals surface area contributed by atoms with Gasteiger partial charge in [0.25, 0.3) is 0 Å². The number of carbonyl (C=O) groups excluding carboxylic acids is 1. The van der Waals surface area contributed by atoms with E-state index in [1.807, 2.05) is 32.0 Å². The van der Waals surface area contributed by atoms with Gasteiger partial charge in [-0.3, -0.25) is 4.79 Å². The molecule has 0 saturated carbocycles. The Labute approximate surface area is 126 Å². The van der Waals surface area contributed by atoms with E-state index in [2.05, 4.69) is 4.90 Å². The van der Waals surface area contributed by atoms with Crippen molar-refractivity contribution < 1.29 is 14.3 Å². The molecule has 1 saturated heterocycles. The van der Waals surface area contributed by atoms with Crippen LogP contribution in [-0.2, 0) is 9.53 Å². The molecule has 0 aliphatic carbocycles. The summed E-state index contributed by atoms with van der Waals surface area (Å²) in [6.45, 7) is 5.58. The summed E-state index contributed by atoms with van der Waals surface area (Å²) in [6.07, 6.45) is 1.28. The lowest BCUT2D eigenvalue weighted by atomic mass is 10.1. The Kier molecular flexibility index (Phi) is 4.94. The molecule has 1 atom stereocenters. The van der Waals surface area contributed by atoms with E-state index in [-0.39, 0.29) is 12.1 Å². The van der Waals surface area contributed by atoms with Gasteiger partial charge in [-0.05, 0) is 18.1 Å². The third-order valence-corrected chi connectivity index (χ3v) is 3.56. The maximum absolute atomic E-state index is 11.7. The van der Waals surface area contributed by atoms with Gasteiger partial charge in [-0.25, -0.2) is 0 Å². The van der Waals surface area contributed by atoms with Crippen LogP contribution in [0.5, 0.6) is 5.75 Å². The third-order valence-electron chi connectivity index (χ3n) is 3.56. The number of hydrogen-bond acceptors (Lipinski definition) is 5. The van der Waals surface area contributed by atoms with Crippen molar-refractivity contribution in [1.29, 1.82) is 0 Å². The van der Waals surface area contributed by atoms with Gasteiger partial charge in [-0.1, -0.05) is 13.8 Å². The molecule has 0 bridgehead atoms. The highest BCUT2D eigenvalue weighted by Gasteiger charge is 2.27. The predicted octanol–water partition coefficient (Wildman–Crippen LogP) is 2.45. The Morgan fingerprint density at radius 3 is 2.90 bits per heavy atom. The smallest absolute Gasteiger partial charge is 0.306 e. The molecule has 0 aromatic heterocycles. The molecule has 1 aliphatic heterocycles. The minimum absolute atomic E-state index is 0.0430. The monoisotopic (exact) mass is 292 g/mol. The van der Waals surface area contributed by atoms with Crippen LogP contribution in [0, 0.1) is 5.92 Å². The van der Waals surface area contributed by atoms with Crippen LogP contribution in [0.15, 0.2) is 18.2 Å². The second kappa shape index (κ2) is 6.70. The summed E-state index contributed by atoms with van der Waals surface area (Å²) in [5.41, 5.74) is 7.44. The highest BCUT2D eigenvalue weighted by molar-refractivity contribution is 5.70. The molecule has 2 N–H and O–H groups in total. The molecule has 0 radical (unpaired) electrons. The Morgan fingerprint density at radius 1 is 1.48 bits per heavy atom. The lowest BCUT2D eigenvalue weighted by molar-refractivity contribution is -0.148. The highest BCUT2D eigenvalue weighted by atomic mass is 16.5. The molecule has 5 nitrogen and oxygen atoms in total. The first-order valence-electron chi connectivity index (χ1n) is 7.37. The fourth-order valence-electron chi connectivity index (χ4n) is 2.57. The van der Waals surface area contributed by atoms with Crippen molar-refractivity contribution in [2.45, 2.75) is 32.8 Å². The number of benzene rings is 1. The van der Waals surface area contributed by atoms with Crippen LogP contribution in [0.4, 0.5) is 11.4 Å². The Morgan fingerprint density at radius 2 is 2.24 bits per heavy atom. The predicted molar refractivity (Wildman–Crippen MR) is 83.6 cm³/mol. The minimum Gasteiger partial charge on any atom is -0.495 e. The van der Waals surface area contributed by atoms with E-state index in [0.29, 0.717) is 24.6 Å². The molecule has 116 valence electrons. The molecule has 0 spiro atoms. The summed E-state index contributed by atoms with van der Waals surface area (Å²) < 4.78 is 10.9. The molecule has 1 fully saturated rings. The standard InChI is InChI=1S/C16H24N2O3/c1-11(2)8-16(19)21-13-6-7-18(10-13)14-5-4-12(17)9-15(14)20-3/h4-5,9,11,13H,6-8,10,17H2,1-3H3/t13-/m1/s1. The number of nitrogens with two attached hydrogens (primary N) is 1. The summed E-state index contributed by atoms with van der Waals surface area (Å²) >= 11 is 0. The van der Waals surface area contributed by atoms with Gasteiger partial charge < -0.3 is 20.1 Å². The van der Waals surface area contributed by atoms with E-state index in [9.17, 15) is 4.79 Å². The first-order chi connectivity index (χ1) is 9.99. The lowest BCUT2D eigenvalue weighted by Gasteiger charge is -2.21. The molecule has 0 amide bonds. The number of rotatable bonds is 5. The van der Waals surface area contributed by atoms with Gasteiger partial charge in [0.15, 0.2) is 0 Å². The van der Waals surface area contributed by atoms with E-state index >= 15 is 0 Å². The first-order valence-corrected chi connectivity index (χ1v) is 7.37. The maximum Gasteiger partial charge on any atom is 0.306 e. The highest BCUT2D eigenvalue weighted by Crippen LogP contribution is 2.33. The number of ether oxygens (including phenoxy) is 2. The van der Waals surface area contributed by atoms with Crippen LogP contribution in [0.2, 0.25) is 0 Å². The van der Waals surface area contributed by atoms with E-state index in [0.717, 1.165) is 24.4 Å². The molecule has 5 heteroatoms. The van der Waals surface area contributed by atoms with Crippen LogP contribution in [0.1, 0.15) is 26.7 Å². The SMILES string of the molecule is COc1cc(N)ccc1N1CC[C@@H](OC(=O)CC(C)C)C1. The number of nitrogen functional groups attached to an aromatic ring is 1. The molecule has 1 heterocycles. The number of carbonyl (C=O) groups is 1. The zero-order chi connectivity index (χ0) is 15.4. The topological polar surface area (TPSA) is 64.8 Å². The van der Waals surface area contributed by atoms with Crippen molar-refractivity contribution in [2.24, 2.45) is 5.92 Å². The van der Waals surface area contributed by atoms with Crippen molar-refractivity contribution in [2.75, 3.05) is 30.8 Å². The van der Waals surface area contributed by atoms with Crippen LogP contribution in [0.25, 0.3) is 0 Å². The Balaban J connectivity index is 1.98. The quantitative estimate of drug-likeness (QED) is 0.667. The second-order valence-electron chi connectivity index (χ2n) is 5.88. The van der Waals surface area contributed by atoms with Gasteiger partial charge in [0.1, 0.15) is 11.9 Å². The number of methoxy groups -OCH3 is 1. The van der Waals surface area contributed by atoms with E-state index in [4.69, 9.17) is 15.2 Å². The van der Waals surface area contributed by atoms with E-state index in [1.54, 1.807) is 7.11 Å². The molecule has 1 aromatic carbocycles. The summed E-state index contributed by atoms with van der Waals surface area (Å²) in [7, 11) is 1.63. The maximum atomic E-state index is 11.7. The van der Waals surface area contributed by atoms with Gasteiger partial charge in [0.05, 0.1) is 19.3 Å². The molecule has 21 heavy (non-hydrogen) atoms. The fraction of sp³-hybridized carbons (Fsp3) is 0.562. The summed E-state index contributed by atoms with van der Waals surface area (Å²) in [5.74, 6) is 0.970. The number of anilines is 2. The number of esters is 1. The average molecular weight is 292 g/mol. The van der Waals surface area contributed by atoms with Gasteiger partial charge >= 0.3 is 5.97 Å². The number of nitrogens with zero attached hydrogens (tertiary/aromatic N) is 1. The average Bonchev–Trinajstić information content (AvgIpc) is 2.85. The van der Waals surface area contributed by atoms with Gasteiger partial charge in [0, 0.05) is 31.1 Å². The minimum atomic E-state index is -0.110. The van der Waals surface area contributed by atoms with Crippen molar-refractivity contribution in [3.05, 3.63) is 18.2 Å². The summed E-state index contributed by atoms with van der Waals surface area (Å²) in [5, 5.41) is 0. The van der Waals surface area contributed by atoms with E-state index < -0.39 is 0 Å². The Hall–Kier alpha value is -1.91. The molecular weight excluding hydrogens is 268 g/mol. The fourth-order valence-corrected chi connectivity index (χ4v) is 2.57. The van der Waals surface area contributed by atoms with Crippen molar-refractivity contribution >= 4 is 17.3 Å².